The summed E-state index contributed by atoms with van der Waals surface area (Å²) < 4.78 is 26.7. The Morgan fingerprint density at radius 2 is 2.46 bits per heavy atom. The van der Waals surface area contributed by atoms with Crippen molar-refractivity contribution < 1.29 is 8.78 Å². The summed E-state index contributed by atoms with van der Waals surface area (Å²) in [6.45, 7) is 1.88. The number of hydrogen-bond acceptors (Lipinski definition) is 2. The van der Waals surface area contributed by atoms with E-state index in [4.69, 9.17) is 0 Å². The van der Waals surface area contributed by atoms with Crippen LogP contribution in [-0.4, -0.2) is 22.0 Å². The van der Waals surface area contributed by atoms with Crippen LogP contribution in [0.4, 0.5) is 14.7 Å². The van der Waals surface area contributed by atoms with Crippen LogP contribution in [0.1, 0.15) is 19.4 Å². The van der Waals surface area contributed by atoms with Gasteiger partial charge in [-0.2, -0.15) is 0 Å². The van der Waals surface area contributed by atoms with Crippen molar-refractivity contribution in [1.82, 2.24) is 9.55 Å². The van der Waals surface area contributed by atoms with Crippen LogP contribution in [0.3, 0.4) is 0 Å². The highest BCUT2D eigenvalue weighted by Gasteiger charge is 2.30. The molecule has 13 heavy (non-hydrogen) atoms. The molecule has 1 aromatic heterocycles. The molecule has 0 saturated carbocycles. The first-order valence-electron chi connectivity index (χ1n) is 4.26. The zero-order chi connectivity index (χ0) is 9.42. The van der Waals surface area contributed by atoms with Crippen LogP contribution in [-0.2, 0) is 0 Å². The predicted octanol–water partition coefficient (Wildman–Crippen LogP) is 1.89. The highest BCUT2D eigenvalue weighted by atomic mass is 19.3. The van der Waals surface area contributed by atoms with E-state index in [-0.39, 0.29) is 6.04 Å². The fraction of sp³-hybridized carbons (Fsp3) is 0.625. The summed E-state index contributed by atoms with van der Waals surface area (Å²) in [4.78, 5) is 3.96. The van der Waals surface area contributed by atoms with Crippen molar-refractivity contribution in [2.45, 2.75) is 31.9 Å². The number of alkyl halides is 2. The van der Waals surface area contributed by atoms with Crippen LogP contribution in [0, 0.1) is 0 Å². The van der Waals surface area contributed by atoms with E-state index in [0.29, 0.717) is 12.4 Å². The molecule has 1 aromatic rings. The molecule has 0 aromatic carbocycles. The Labute approximate surface area is 74.8 Å². The van der Waals surface area contributed by atoms with Crippen molar-refractivity contribution in [3.63, 3.8) is 0 Å². The molecule has 2 heterocycles. The van der Waals surface area contributed by atoms with Crippen LogP contribution in [0.15, 0.2) is 12.4 Å². The molecule has 0 fully saturated rings. The van der Waals surface area contributed by atoms with Crippen molar-refractivity contribution in [2.24, 2.45) is 0 Å². The summed E-state index contributed by atoms with van der Waals surface area (Å²) in [6, 6.07) is -0.664. The van der Waals surface area contributed by atoms with Gasteiger partial charge in [0.2, 0.25) is 5.95 Å². The molecule has 0 saturated heterocycles. The molecule has 2 rings (SSSR count). The van der Waals surface area contributed by atoms with Crippen molar-refractivity contribution in [1.29, 1.82) is 0 Å². The summed E-state index contributed by atoms with van der Waals surface area (Å²) in [5, 5.41) is 3.04. The van der Waals surface area contributed by atoms with Crippen LogP contribution in [0.5, 0.6) is 0 Å². The molecule has 0 radical (unpaired) electrons. The summed E-state index contributed by atoms with van der Waals surface area (Å²) in [7, 11) is 0. The van der Waals surface area contributed by atoms with Gasteiger partial charge in [0.05, 0.1) is 6.04 Å². The Kier molecular flexibility index (Phi) is 1.94. The Morgan fingerprint density at radius 1 is 1.69 bits per heavy atom. The number of aromatic nitrogens is 2. The lowest BCUT2D eigenvalue weighted by Gasteiger charge is -2.29. The minimum absolute atomic E-state index is 0.0638. The van der Waals surface area contributed by atoms with Gasteiger partial charge in [-0.05, 0) is 13.3 Å². The van der Waals surface area contributed by atoms with Gasteiger partial charge in [-0.1, -0.05) is 0 Å². The lowest BCUT2D eigenvalue weighted by atomic mass is 10.1. The monoisotopic (exact) mass is 187 g/mol. The van der Waals surface area contributed by atoms with Gasteiger partial charge in [0.1, 0.15) is 0 Å². The fourth-order valence-electron chi connectivity index (χ4n) is 1.67. The second-order valence-corrected chi connectivity index (χ2v) is 3.34. The third-order valence-electron chi connectivity index (χ3n) is 2.29. The maximum absolute atomic E-state index is 12.6. The molecule has 1 aliphatic rings. The number of rotatable bonds is 1. The van der Waals surface area contributed by atoms with Gasteiger partial charge < -0.3 is 9.88 Å². The Bertz CT molecular complexity index is 297. The standard InChI is InChI=1S/C8H11F2N3/c1-5-4-6(7(9)10)13-3-2-11-8(13)12-5/h2-3,5-7H,4H2,1H3,(H,11,12). The summed E-state index contributed by atoms with van der Waals surface area (Å²) in [5.74, 6) is 0.545. The van der Waals surface area contributed by atoms with Crippen molar-refractivity contribution >= 4 is 5.95 Å². The fourth-order valence-corrected chi connectivity index (χ4v) is 1.67. The smallest absolute Gasteiger partial charge is 0.259 e. The van der Waals surface area contributed by atoms with Gasteiger partial charge in [-0.25, -0.2) is 13.8 Å². The number of nitrogens with one attached hydrogen (secondary N) is 1. The molecule has 2 atom stereocenters. The first kappa shape index (κ1) is 8.47. The number of halogens is 2. The molecule has 0 amide bonds. The lowest BCUT2D eigenvalue weighted by Crippen LogP contribution is -2.32. The normalized spacial score (nSPS) is 27.1. The molecule has 5 heteroatoms. The van der Waals surface area contributed by atoms with Crippen LogP contribution in [0.2, 0.25) is 0 Å². The van der Waals surface area contributed by atoms with E-state index in [1.165, 1.54) is 10.8 Å². The highest BCUT2D eigenvalue weighted by molar-refractivity contribution is 5.30. The second kappa shape index (κ2) is 2.97. The van der Waals surface area contributed by atoms with Gasteiger partial charge in [-0.3, -0.25) is 0 Å². The Morgan fingerprint density at radius 3 is 3.15 bits per heavy atom. The van der Waals surface area contributed by atoms with E-state index < -0.39 is 12.5 Å². The van der Waals surface area contributed by atoms with E-state index in [0.717, 1.165) is 0 Å². The number of anilines is 1. The van der Waals surface area contributed by atoms with Crippen molar-refractivity contribution in [2.75, 3.05) is 5.32 Å². The zero-order valence-electron chi connectivity index (χ0n) is 7.24. The van der Waals surface area contributed by atoms with Gasteiger partial charge in [0.25, 0.3) is 6.43 Å². The third kappa shape index (κ3) is 1.38. The van der Waals surface area contributed by atoms with Crippen molar-refractivity contribution in [3.05, 3.63) is 12.4 Å². The maximum Gasteiger partial charge on any atom is 0.259 e. The van der Waals surface area contributed by atoms with Crippen LogP contribution in [0.25, 0.3) is 0 Å². The molecule has 2 unspecified atom stereocenters. The molecule has 3 nitrogen and oxygen atoms in total. The average Bonchev–Trinajstić information content (AvgIpc) is 2.49. The molecule has 0 bridgehead atoms. The van der Waals surface area contributed by atoms with E-state index in [9.17, 15) is 8.78 Å². The topological polar surface area (TPSA) is 29.9 Å². The number of nitrogens with zero attached hydrogens (tertiary/aromatic N) is 2. The van der Waals surface area contributed by atoms with Gasteiger partial charge >= 0.3 is 0 Å². The van der Waals surface area contributed by atoms with Gasteiger partial charge in [0, 0.05) is 18.4 Å². The Hall–Kier alpha value is -1.13. The van der Waals surface area contributed by atoms with Crippen molar-refractivity contribution in [3.8, 4) is 0 Å². The number of imidazole rings is 1. The Balaban J connectivity index is 2.32. The van der Waals surface area contributed by atoms with E-state index >= 15 is 0 Å². The van der Waals surface area contributed by atoms with Crippen LogP contribution < -0.4 is 5.32 Å². The molecule has 1 aliphatic heterocycles. The maximum atomic E-state index is 12.6. The summed E-state index contributed by atoms with van der Waals surface area (Å²) in [5.41, 5.74) is 0. The molecule has 72 valence electrons. The average molecular weight is 187 g/mol. The largest absolute Gasteiger partial charge is 0.353 e. The van der Waals surface area contributed by atoms with Crippen LogP contribution >= 0.6 is 0 Å². The first-order valence-corrected chi connectivity index (χ1v) is 4.26. The van der Waals surface area contributed by atoms with E-state index in [1.54, 1.807) is 6.20 Å². The molecular weight excluding hydrogens is 176 g/mol. The summed E-state index contributed by atoms with van der Waals surface area (Å²) in [6.07, 6.45) is 1.25. The van der Waals surface area contributed by atoms with Gasteiger partial charge in [-0.15, -0.1) is 0 Å². The van der Waals surface area contributed by atoms with E-state index in [2.05, 4.69) is 10.3 Å². The third-order valence-corrected chi connectivity index (χ3v) is 2.29. The minimum atomic E-state index is -2.32. The molecule has 0 aliphatic carbocycles. The highest BCUT2D eigenvalue weighted by Crippen LogP contribution is 2.30. The SMILES string of the molecule is CC1CC(C(F)F)n2ccnc2N1. The summed E-state index contributed by atoms with van der Waals surface area (Å²) >= 11 is 0. The molecule has 1 N–H and O–H groups in total. The quantitative estimate of drug-likeness (QED) is 0.727. The van der Waals surface area contributed by atoms with Gasteiger partial charge in [0.15, 0.2) is 0 Å². The number of fused-ring (bicyclic) bond motifs is 1. The molecule has 0 spiro atoms. The lowest BCUT2D eigenvalue weighted by molar-refractivity contribution is 0.0731. The first-order chi connectivity index (χ1) is 6.18. The molecular formula is C8H11F2N3. The predicted molar refractivity (Wildman–Crippen MR) is 45.0 cm³/mol. The zero-order valence-corrected chi connectivity index (χ0v) is 7.24. The minimum Gasteiger partial charge on any atom is -0.353 e. The van der Waals surface area contributed by atoms with E-state index in [1.807, 2.05) is 6.92 Å². The second-order valence-electron chi connectivity index (χ2n) is 3.34. The number of hydrogen-bond donors (Lipinski definition) is 1.